The number of unbranched alkanes of at least 4 members (excludes halogenated alkanes) is 5. The Labute approximate surface area is 101 Å². The Bertz CT molecular complexity index is 212. The second-order valence-corrected chi connectivity index (χ2v) is 9.13. The van der Waals surface area contributed by atoms with Crippen LogP contribution in [0.2, 0.25) is 19.1 Å². The van der Waals surface area contributed by atoms with Gasteiger partial charge in [0.1, 0.15) is 0 Å². The lowest BCUT2D eigenvalue weighted by molar-refractivity contribution is -0.129. The van der Waals surface area contributed by atoms with E-state index in [0.717, 1.165) is 6.04 Å². The van der Waals surface area contributed by atoms with E-state index in [1.165, 1.54) is 44.6 Å². The van der Waals surface area contributed by atoms with Gasteiger partial charge < -0.3 is 4.43 Å². The molecule has 2 nitrogen and oxygen atoms in total. The molecule has 0 aromatic carbocycles. The lowest BCUT2D eigenvalue weighted by Crippen LogP contribution is -2.32. The largest absolute Gasteiger partial charge is 0.517 e. The molecule has 0 spiro atoms. The molecular formula is C13H26O2Si. The third kappa shape index (κ3) is 8.71. The molecule has 0 N–H and O–H groups in total. The molecule has 0 aliphatic rings. The minimum absolute atomic E-state index is 0.261. The van der Waals surface area contributed by atoms with E-state index in [1.807, 2.05) is 0 Å². The highest BCUT2D eigenvalue weighted by molar-refractivity contribution is 6.72. The summed E-state index contributed by atoms with van der Waals surface area (Å²) in [5, 5.41) is 0. The van der Waals surface area contributed by atoms with Gasteiger partial charge in [0.15, 0.2) is 0 Å². The summed E-state index contributed by atoms with van der Waals surface area (Å²) in [5.74, 6) is -0.261. The van der Waals surface area contributed by atoms with Crippen molar-refractivity contribution in [2.75, 3.05) is 0 Å². The van der Waals surface area contributed by atoms with E-state index in [-0.39, 0.29) is 5.97 Å². The molecule has 0 aromatic rings. The van der Waals surface area contributed by atoms with E-state index in [1.54, 1.807) is 0 Å². The van der Waals surface area contributed by atoms with Crippen LogP contribution in [0.5, 0.6) is 0 Å². The quantitative estimate of drug-likeness (QED) is 0.343. The summed E-state index contributed by atoms with van der Waals surface area (Å²) in [7, 11) is -1.78. The summed E-state index contributed by atoms with van der Waals surface area (Å²) < 4.78 is 5.40. The number of carbonyl (C=O) groups excluding carboxylic acids is 1. The van der Waals surface area contributed by atoms with Crippen molar-refractivity contribution in [2.45, 2.75) is 64.6 Å². The molecule has 0 unspecified atom stereocenters. The minimum atomic E-state index is -1.78. The maximum Gasteiger partial charge on any atom is 0.316 e. The first-order valence-corrected chi connectivity index (χ1v) is 9.49. The monoisotopic (exact) mass is 242 g/mol. The van der Waals surface area contributed by atoms with Crippen molar-refractivity contribution in [3.05, 3.63) is 12.7 Å². The van der Waals surface area contributed by atoms with Crippen molar-refractivity contribution in [3.8, 4) is 0 Å². The first-order valence-electron chi connectivity index (χ1n) is 6.37. The Morgan fingerprint density at radius 2 is 1.75 bits per heavy atom. The van der Waals surface area contributed by atoms with Gasteiger partial charge in [-0.25, -0.2) is 4.79 Å². The topological polar surface area (TPSA) is 26.3 Å². The molecule has 0 amide bonds. The average molecular weight is 242 g/mol. The highest BCUT2D eigenvalue weighted by Gasteiger charge is 2.25. The van der Waals surface area contributed by atoms with Crippen LogP contribution in [0, 0.1) is 0 Å². The molecule has 0 saturated heterocycles. The van der Waals surface area contributed by atoms with Crippen molar-refractivity contribution in [3.63, 3.8) is 0 Å². The van der Waals surface area contributed by atoms with Crippen molar-refractivity contribution in [2.24, 2.45) is 0 Å². The highest BCUT2D eigenvalue weighted by atomic mass is 28.4. The van der Waals surface area contributed by atoms with Crippen LogP contribution in [0.4, 0.5) is 0 Å². The van der Waals surface area contributed by atoms with E-state index in [2.05, 4.69) is 26.6 Å². The lowest BCUT2D eigenvalue weighted by Gasteiger charge is -2.21. The van der Waals surface area contributed by atoms with Crippen LogP contribution in [0.25, 0.3) is 0 Å². The van der Waals surface area contributed by atoms with Gasteiger partial charge in [-0.15, -0.1) is 0 Å². The molecule has 3 heteroatoms. The molecule has 94 valence electrons. The summed E-state index contributed by atoms with van der Waals surface area (Å²) >= 11 is 0. The zero-order chi connectivity index (χ0) is 12.4. The van der Waals surface area contributed by atoms with E-state index in [4.69, 9.17) is 4.43 Å². The SMILES string of the molecule is C=CC(=O)O[Si](C)(C)CCCCCCCC. The standard InChI is InChI=1S/C13H26O2Si/c1-5-7-8-9-10-11-12-16(3,4)15-13(14)6-2/h6H,2,5,7-12H2,1,3-4H3. The maximum atomic E-state index is 11.1. The average Bonchev–Trinajstić information content (AvgIpc) is 2.22. The van der Waals surface area contributed by atoms with E-state index >= 15 is 0 Å². The summed E-state index contributed by atoms with van der Waals surface area (Å²) in [6.07, 6.45) is 8.99. The van der Waals surface area contributed by atoms with Gasteiger partial charge in [-0.1, -0.05) is 52.0 Å². The van der Waals surface area contributed by atoms with Gasteiger partial charge in [-0.05, 0) is 19.1 Å². The number of carbonyl (C=O) groups is 1. The fraction of sp³-hybridized carbons (Fsp3) is 0.769. The number of rotatable bonds is 9. The van der Waals surface area contributed by atoms with Crippen LogP contribution >= 0.6 is 0 Å². The smallest absolute Gasteiger partial charge is 0.316 e. The van der Waals surface area contributed by atoms with Crippen LogP contribution in [0.1, 0.15) is 45.4 Å². The molecule has 16 heavy (non-hydrogen) atoms. The first kappa shape index (κ1) is 15.4. The van der Waals surface area contributed by atoms with E-state index < -0.39 is 8.32 Å². The van der Waals surface area contributed by atoms with Gasteiger partial charge in [0, 0.05) is 6.08 Å². The molecule has 0 radical (unpaired) electrons. The fourth-order valence-corrected chi connectivity index (χ4v) is 3.53. The molecule has 0 aromatic heterocycles. The Hall–Kier alpha value is -0.573. The van der Waals surface area contributed by atoms with Gasteiger partial charge in [0.05, 0.1) is 0 Å². The third-order valence-corrected chi connectivity index (χ3v) is 4.99. The molecule has 0 aliphatic heterocycles. The Balaban J connectivity index is 3.57. The maximum absolute atomic E-state index is 11.1. The molecular weight excluding hydrogens is 216 g/mol. The predicted molar refractivity (Wildman–Crippen MR) is 72.0 cm³/mol. The zero-order valence-corrected chi connectivity index (χ0v) is 12.1. The van der Waals surface area contributed by atoms with Gasteiger partial charge >= 0.3 is 5.97 Å². The van der Waals surface area contributed by atoms with Crippen LogP contribution in [-0.4, -0.2) is 14.3 Å². The number of hydrogen-bond donors (Lipinski definition) is 0. The second kappa shape index (κ2) is 8.56. The van der Waals surface area contributed by atoms with Crippen LogP contribution in [0.3, 0.4) is 0 Å². The summed E-state index contributed by atoms with van der Waals surface area (Å²) in [5.41, 5.74) is 0. The van der Waals surface area contributed by atoms with Gasteiger partial charge in [0.2, 0.25) is 8.32 Å². The lowest BCUT2D eigenvalue weighted by atomic mass is 10.1. The van der Waals surface area contributed by atoms with Gasteiger partial charge in [-0.3, -0.25) is 0 Å². The molecule has 0 saturated carbocycles. The molecule has 0 atom stereocenters. The molecule has 0 aliphatic carbocycles. The van der Waals surface area contributed by atoms with E-state index in [9.17, 15) is 4.79 Å². The highest BCUT2D eigenvalue weighted by Crippen LogP contribution is 2.17. The molecule has 0 rings (SSSR count). The second-order valence-electron chi connectivity index (χ2n) is 4.90. The van der Waals surface area contributed by atoms with Crippen molar-refractivity contribution >= 4 is 14.3 Å². The van der Waals surface area contributed by atoms with Gasteiger partial charge in [-0.2, -0.15) is 0 Å². The predicted octanol–water partition coefficient (Wildman–Crippen LogP) is 4.28. The van der Waals surface area contributed by atoms with Crippen molar-refractivity contribution in [1.82, 2.24) is 0 Å². The summed E-state index contributed by atoms with van der Waals surface area (Å²) in [4.78, 5) is 11.1. The first-order chi connectivity index (χ1) is 7.52. The normalized spacial score (nSPS) is 11.2. The van der Waals surface area contributed by atoms with Crippen LogP contribution in [0.15, 0.2) is 12.7 Å². The fourth-order valence-electron chi connectivity index (χ4n) is 1.70. The number of hydrogen-bond acceptors (Lipinski definition) is 2. The molecule has 0 bridgehead atoms. The Kier molecular flexibility index (Phi) is 8.26. The van der Waals surface area contributed by atoms with Gasteiger partial charge in [0.25, 0.3) is 0 Å². The summed E-state index contributed by atoms with van der Waals surface area (Å²) in [6, 6.07) is 1.07. The Morgan fingerprint density at radius 1 is 1.19 bits per heavy atom. The minimum Gasteiger partial charge on any atom is -0.517 e. The summed E-state index contributed by atoms with van der Waals surface area (Å²) in [6.45, 7) is 9.84. The van der Waals surface area contributed by atoms with Crippen LogP contribution < -0.4 is 0 Å². The third-order valence-electron chi connectivity index (χ3n) is 2.68. The van der Waals surface area contributed by atoms with Crippen LogP contribution in [-0.2, 0) is 9.22 Å². The Morgan fingerprint density at radius 3 is 2.31 bits per heavy atom. The van der Waals surface area contributed by atoms with Crippen molar-refractivity contribution in [1.29, 1.82) is 0 Å². The van der Waals surface area contributed by atoms with E-state index in [0.29, 0.717) is 0 Å². The zero-order valence-electron chi connectivity index (χ0n) is 11.1. The van der Waals surface area contributed by atoms with Crippen molar-refractivity contribution < 1.29 is 9.22 Å². The molecule has 0 fully saturated rings. The molecule has 0 heterocycles.